The molecule has 0 aromatic heterocycles. The number of carbonyl (C=O) groups is 2. The molecule has 0 rings (SSSR count). The molecule has 3 N–H and O–H groups in total. The minimum absolute atomic E-state index is 0.137. The van der Waals surface area contributed by atoms with E-state index in [0.29, 0.717) is 12.8 Å². The summed E-state index contributed by atoms with van der Waals surface area (Å²) in [6, 6.07) is 0. The number of phosphoric acid groups is 1. The number of esters is 2. The first kappa shape index (κ1) is 53.7. The number of ether oxygens (including phenoxy) is 2. The molecule has 324 valence electrons. The third kappa shape index (κ3) is 38.5. The lowest BCUT2D eigenvalue weighted by molar-refractivity contribution is -0.153. The van der Waals surface area contributed by atoms with E-state index in [2.05, 4.69) is 74.6 Å². The molecule has 0 saturated carbocycles. The molecule has 0 fully saturated rings. The molecule has 3 atom stereocenters. The summed E-state index contributed by atoms with van der Waals surface area (Å²) in [6.07, 6.45) is 44.8. The summed E-state index contributed by atoms with van der Waals surface area (Å²) in [4.78, 5) is 34.5. The molecule has 0 radical (unpaired) electrons. The maximum Gasteiger partial charge on any atom is 0.472 e. The third-order valence-corrected chi connectivity index (χ3v) is 9.91. The van der Waals surface area contributed by atoms with E-state index < -0.39 is 58.4 Å². The van der Waals surface area contributed by atoms with Crippen molar-refractivity contribution in [2.24, 2.45) is 0 Å². The Hall–Kier alpha value is -2.33. The van der Waals surface area contributed by atoms with Crippen LogP contribution in [0.25, 0.3) is 0 Å². The summed E-state index contributed by atoms with van der Waals surface area (Å²) in [5.41, 5.74) is 0. The average molecular weight is 811 g/mol. The molecule has 0 aliphatic carbocycles. The van der Waals surface area contributed by atoms with E-state index in [1.807, 2.05) is 0 Å². The number of unbranched alkanes of at least 4 members (excludes halogenated alkanes) is 16. The molecule has 0 bridgehead atoms. The zero-order valence-corrected chi connectivity index (χ0v) is 36.0. The van der Waals surface area contributed by atoms with Crippen molar-refractivity contribution in [1.29, 1.82) is 0 Å². The summed E-state index contributed by atoms with van der Waals surface area (Å²) in [7, 11) is -4.65. The lowest BCUT2D eigenvalue weighted by Gasteiger charge is -2.20. The molecule has 11 heteroatoms. The average Bonchev–Trinajstić information content (AvgIpc) is 3.19. The van der Waals surface area contributed by atoms with Crippen LogP contribution in [0, 0.1) is 0 Å². The molecule has 56 heavy (non-hydrogen) atoms. The van der Waals surface area contributed by atoms with Gasteiger partial charge in [0.1, 0.15) is 12.2 Å². The lowest BCUT2D eigenvalue weighted by Crippen LogP contribution is -2.28. The SMILES string of the molecule is CC/C=C\C/C=C\C/C=C\C/C=C\CCCCC(=O)OC(CO)COP(=O)(O)OCC(CO)OC(=O)CCCCCCCCC/C=C\CCCCCCCCC. The fraction of sp³-hybridized carbons (Fsp3) is 0.733. The summed E-state index contributed by atoms with van der Waals surface area (Å²) in [5, 5.41) is 19.2. The van der Waals surface area contributed by atoms with Crippen LogP contribution < -0.4 is 0 Å². The van der Waals surface area contributed by atoms with Gasteiger partial charge in [0.15, 0.2) is 0 Å². The molecule has 10 nitrogen and oxygen atoms in total. The van der Waals surface area contributed by atoms with Crippen LogP contribution in [-0.2, 0) is 32.7 Å². The highest BCUT2D eigenvalue weighted by atomic mass is 31.2. The Balaban J connectivity index is 3.98. The highest BCUT2D eigenvalue weighted by molar-refractivity contribution is 7.47. The molecule has 3 unspecified atom stereocenters. The van der Waals surface area contributed by atoms with Gasteiger partial charge in [0.05, 0.1) is 26.4 Å². The summed E-state index contributed by atoms with van der Waals surface area (Å²) in [6.45, 7) is 2.03. The van der Waals surface area contributed by atoms with Crippen LogP contribution in [0.1, 0.15) is 174 Å². The van der Waals surface area contributed by atoms with Gasteiger partial charge in [-0.05, 0) is 77.0 Å². The predicted octanol–water partition coefficient (Wildman–Crippen LogP) is 11.5. The molecule has 0 aromatic rings. The van der Waals surface area contributed by atoms with E-state index in [0.717, 1.165) is 64.2 Å². The summed E-state index contributed by atoms with van der Waals surface area (Å²) in [5.74, 6) is -1.07. The topological polar surface area (TPSA) is 149 Å². The molecule has 0 saturated heterocycles. The Kier molecular flexibility index (Phi) is 39.2. The van der Waals surface area contributed by atoms with Crippen molar-refractivity contribution in [2.45, 2.75) is 187 Å². The molecule has 0 heterocycles. The second kappa shape index (κ2) is 40.9. The van der Waals surface area contributed by atoms with Gasteiger partial charge in [0, 0.05) is 12.8 Å². The largest absolute Gasteiger partial charge is 0.472 e. The van der Waals surface area contributed by atoms with Gasteiger partial charge >= 0.3 is 19.8 Å². The smallest absolute Gasteiger partial charge is 0.457 e. The van der Waals surface area contributed by atoms with Crippen molar-refractivity contribution in [2.75, 3.05) is 26.4 Å². The fourth-order valence-corrected chi connectivity index (χ4v) is 6.41. The molecule has 0 amide bonds. The van der Waals surface area contributed by atoms with Gasteiger partial charge < -0.3 is 24.6 Å². The number of allylic oxidation sites excluding steroid dienone is 10. The Bertz CT molecular complexity index is 1120. The highest BCUT2D eigenvalue weighted by Gasteiger charge is 2.27. The zero-order valence-electron chi connectivity index (χ0n) is 35.1. The van der Waals surface area contributed by atoms with Gasteiger partial charge in [0.25, 0.3) is 0 Å². The maximum absolute atomic E-state index is 12.4. The standard InChI is InChI=1S/C45H79O10P/c1-3-5-7-9-11-13-15-17-19-20-21-23-25-27-29-31-33-35-37-45(49)55-43(39-47)41-53-56(50,51)52-40-42(38-46)54-44(48)36-34-32-30-28-26-24-22-18-16-14-12-10-8-6-4-2/h6,8,12,14,18-20,22,26,28,42-43,46-47H,3-5,7,9-11,13,15-17,21,23-25,27,29-41H2,1-2H3,(H,50,51)/b8-6-,14-12-,20-19-,22-18-,28-26-. The zero-order chi connectivity index (χ0) is 41.2. The second-order valence-electron chi connectivity index (χ2n) is 14.3. The van der Waals surface area contributed by atoms with Crippen molar-refractivity contribution < 1.29 is 47.8 Å². The van der Waals surface area contributed by atoms with E-state index in [1.165, 1.54) is 70.6 Å². The van der Waals surface area contributed by atoms with Crippen LogP contribution >= 0.6 is 7.82 Å². The highest BCUT2D eigenvalue weighted by Crippen LogP contribution is 2.43. The molecular formula is C45H79O10P. The van der Waals surface area contributed by atoms with Crippen LogP contribution in [-0.4, -0.2) is 65.7 Å². The molecule has 0 aromatic carbocycles. The van der Waals surface area contributed by atoms with E-state index in [4.69, 9.17) is 18.5 Å². The van der Waals surface area contributed by atoms with Crippen molar-refractivity contribution >= 4 is 19.8 Å². The van der Waals surface area contributed by atoms with Gasteiger partial charge in [-0.2, -0.15) is 0 Å². The molecule has 0 aliphatic rings. The van der Waals surface area contributed by atoms with Gasteiger partial charge in [0.2, 0.25) is 0 Å². The normalized spacial score (nSPS) is 14.4. The van der Waals surface area contributed by atoms with E-state index in [-0.39, 0.29) is 12.8 Å². The van der Waals surface area contributed by atoms with Gasteiger partial charge in [-0.3, -0.25) is 18.6 Å². The Morgan fingerprint density at radius 3 is 1.27 bits per heavy atom. The number of aliphatic hydroxyl groups is 2. The third-order valence-electron chi connectivity index (χ3n) is 8.96. The molecular weight excluding hydrogens is 731 g/mol. The monoisotopic (exact) mass is 811 g/mol. The van der Waals surface area contributed by atoms with Crippen LogP contribution in [0.3, 0.4) is 0 Å². The van der Waals surface area contributed by atoms with Gasteiger partial charge in [-0.15, -0.1) is 0 Å². The summed E-state index contributed by atoms with van der Waals surface area (Å²) < 4.78 is 32.5. The number of hydrogen-bond acceptors (Lipinski definition) is 9. The van der Waals surface area contributed by atoms with Gasteiger partial charge in [-0.1, -0.05) is 145 Å². The van der Waals surface area contributed by atoms with Crippen LogP contribution in [0.5, 0.6) is 0 Å². The molecule has 0 spiro atoms. The first-order valence-electron chi connectivity index (χ1n) is 21.7. The van der Waals surface area contributed by atoms with Crippen LogP contribution in [0.4, 0.5) is 0 Å². The maximum atomic E-state index is 12.4. The number of aliphatic hydroxyl groups excluding tert-OH is 2. The lowest BCUT2D eigenvalue weighted by atomic mass is 10.1. The number of carbonyl (C=O) groups excluding carboxylic acids is 2. The minimum Gasteiger partial charge on any atom is -0.457 e. The summed E-state index contributed by atoms with van der Waals surface area (Å²) >= 11 is 0. The Morgan fingerprint density at radius 1 is 0.500 bits per heavy atom. The number of phosphoric ester groups is 1. The van der Waals surface area contributed by atoms with Crippen molar-refractivity contribution in [1.82, 2.24) is 0 Å². The minimum atomic E-state index is -4.65. The van der Waals surface area contributed by atoms with E-state index >= 15 is 0 Å². The first-order valence-corrected chi connectivity index (χ1v) is 23.2. The number of hydrogen-bond donors (Lipinski definition) is 3. The van der Waals surface area contributed by atoms with E-state index in [9.17, 15) is 29.3 Å². The van der Waals surface area contributed by atoms with Crippen LogP contribution in [0.15, 0.2) is 60.8 Å². The predicted molar refractivity (Wildman–Crippen MR) is 228 cm³/mol. The Labute approximate surface area is 340 Å². The fourth-order valence-electron chi connectivity index (χ4n) is 5.63. The number of rotatable bonds is 40. The van der Waals surface area contributed by atoms with Crippen molar-refractivity contribution in [3.8, 4) is 0 Å². The second-order valence-corrected chi connectivity index (χ2v) is 15.7. The quantitative estimate of drug-likeness (QED) is 0.0236. The van der Waals surface area contributed by atoms with Gasteiger partial charge in [-0.25, -0.2) is 4.57 Å². The van der Waals surface area contributed by atoms with E-state index in [1.54, 1.807) is 0 Å². The van der Waals surface area contributed by atoms with Crippen LogP contribution in [0.2, 0.25) is 0 Å². The van der Waals surface area contributed by atoms with Crippen molar-refractivity contribution in [3.63, 3.8) is 0 Å². The Morgan fingerprint density at radius 2 is 0.839 bits per heavy atom. The molecule has 0 aliphatic heterocycles. The first-order chi connectivity index (χ1) is 27.3. The van der Waals surface area contributed by atoms with Crippen molar-refractivity contribution in [3.05, 3.63) is 60.8 Å².